The van der Waals surface area contributed by atoms with Crippen LogP contribution in [0.2, 0.25) is 0 Å². The van der Waals surface area contributed by atoms with E-state index in [-0.39, 0.29) is 41.7 Å². The van der Waals surface area contributed by atoms with Crippen LogP contribution in [0.4, 0.5) is 4.79 Å². The molecule has 11 nitrogen and oxygen atoms in total. The lowest BCUT2D eigenvalue weighted by Crippen LogP contribution is -2.62. The minimum Gasteiger partial charge on any atom is -0.383 e. The van der Waals surface area contributed by atoms with Gasteiger partial charge in [0.05, 0.1) is 18.7 Å². The molecule has 254 valence electrons. The summed E-state index contributed by atoms with van der Waals surface area (Å²) in [6.07, 6.45) is 7.86. The van der Waals surface area contributed by atoms with Crippen molar-refractivity contribution in [2.24, 2.45) is 28.6 Å². The predicted octanol–water partition coefficient (Wildman–Crippen LogP) is 3.32. The Morgan fingerprint density at radius 1 is 1.02 bits per heavy atom. The third-order valence-electron chi connectivity index (χ3n) is 10.0. The molecule has 0 spiro atoms. The van der Waals surface area contributed by atoms with E-state index in [1.807, 2.05) is 41.5 Å². The number of urea groups is 1. The number of ether oxygens (including phenoxy) is 1. The van der Waals surface area contributed by atoms with Gasteiger partial charge in [-0.05, 0) is 54.3 Å². The van der Waals surface area contributed by atoms with E-state index >= 15 is 0 Å². The van der Waals surface area contributed by atoms with E-state index in [2.05, 4.69) is 27.8 Å². The topological polar surface area (TPSA) is 146 Å². The van der Waals surface area contributed by atoms with E-state index in [9.17, 15) is 24.0 Å². The van der Waals surface area contributed by atoms with Crippen molar-refractivity contribution < 1.29 is 28.7 Å². The van der Waals surface area contributed by atoms with Gasteiger partial charge in [-0.25, -0.2) is 4.79 Å². The number of hydrogen-bond donors (Lipinski definition) is 4. The maximum absolute atomic E-state index is 14.5. The molecule has 2 saturated carbocycles. The van der Waals surface area contributed by atoms with Gasteiger partial charge < -0.3 is 30.9 Å². The summed E-state index contributed by atoms with van der Waals surface area (Å²) in [6, 6.07) is -3.36. The van der Waals surface area contributed by atoms with Gasteiger partial charge in [0.1, 0.15) is 12.1 Å². The summed E-state index contributed by atoms with van der Waals surface area (Å²) in [6.45, 7) is 16.6. The number of carbonyl (C=O) groups is 5. The second-order valence-corrected chi connectivity index (χ2v) is 15.1. The average Bonchev–Trinajstić information content (AvgIpc) is 3.48. The van der Waals surface area contributed by atoms with Gasteiger partial charge in [-0.15, -0.1) is 6.58 Å². The van der Waals surface area contributed by atoms with Crippen molar-refractivity contribution in [3.63, 3.8) is 0 Å². The van der Waals surface area contributed by atoms with Crippen molar-refractivity contribution in [3.05, 3.63) is 12.7 Å². The summed E-state index contributed by atoms with van der Waals surface area (Å²) in [5.41, 5.74) is -0.749. The van der Waals surface area contributed by atoms with Crippen LogP contribution in [0, 0.1) is 28.6 Å². The summed E-state index contributed by atoms with van der Waals surface area (Å²) in [4.78, 5) is 69.4. The minimum atomic E-state index is -0.970. The first-order valence-corrected chi connectivity index (χ1v) is 16.7. The number of amides is 5. The third-order valence-corrected chi connectivity index (χ3v) is 10.0. The van der Waals surface area contributed by atoms with Crippen molar-refractivity contribution in [2.75, 3.05) is 26.8 Å². The highest BCUT2D eigenvalue weighted by Gasteiger charge is 2.50. The van der Waals surface area contributed by atoms with Gasteiger partial charge in [0.15, 0.2) is 0 Å². The van der Waals surface area contributed by atoms with E-state index in [1.54, 1.807) is 12.0 Å². The third kappa shape index (κ3) is 9.53. The number of nitrogens with one attached hydrogen (secondary N) is 4. The smallest absolute Gasteiger partial charge is 0.315 e. The Labute approximate surface area is 269 Å². The molecule has 0 aromatic heterocycles. The average molecular weight is 632 g/mol. The van der Waals surface area contributed by atoms with Crippen LogP contribution >= 0.6 is 0 Å². The zero-order valence-electron chi connectivity index (χ0n) is 28.5. The Morgan fingerprint density at radius 3 is 2.20 bits per heavy atom. The standard InChI is InChI=1S/C34H57N5O6/c1-9-17-35-30(42)27(40)24(19-22-12-13-22)36-29(41)26-23(21(2)3)14-18-39(26)31(43)28(34(7)15-10-11-16-34)38-32(44)37-25(20-45-8)33(4,5)6/h9,21-26,28H,1,10-20H2,2-8H3,(H,35,42)(H,36,41)(H2,37,38,44)/t23-,24?,25-,26+,28-/m1/s1. The van der Waals surface area contributed by atoms with Gasteiger partial charge in [-0.1, -0.05) is 73.3 Å². The highest BCUT2D eigenvalue weighted by Crippen LogP contribution is 2.42. The van der Waals surface area contributed by atoms with Gasteiger partial charge in [0, 0.05) is 20.2 Å². The number of nitrogens with zero attached hydrogens (tertiary/aromatic N) is 1. The fourth-order valence-electron chi connectivity index (χ4n) is 6.86. The summed E-state index contributed by atoms with van der Waals surface area (Å²) < 4.78 is 5.35. The van der Waals surface area contributed by atoms with E-state index in [4.69, 9.17) is 4.74 Å². The molecule has 1 unspecified atom stereocenters. The van der Waals surface area contributed by atoms with Crippen molar-refractivity contribution in [2.45, 2.75) is 117 Å². The normalized spacial score (nSPS) is 23.2. The Kier molecular flexibility index (Phi) is 12.6. The zero-order valence-corrected chi connectivity index (χ0v) is 28.5. The molecule has 4 N–H and O–H groups in total. The molecule has 1 aliphatic heterocycles. The van der Waals surface area contributed by atoms with E-state index in [0.29, 0.717) is 26.0 Å². The molecule has 0 aromatic rings. The van der Waals surface area contributed by atoms with Gasteiger partial charge in [-0.2, -0.15) is 0 Å². The summed E-state index contributed by atoms with van der Waals surface area (Å²) in [5.74, 6) is -1.93. The molecule has 45 heavy (non-hydrogen) atoms. The first-order chi connectivity index (χ1) is 21.1. The number of hydrogen-bond acceptors (Lipinski definition) is 6. The van der Waals surface area contributed by atoms with E-state index < -0.39 is 47.2 Å². The number of likely N-dealkylation sites (tertiary alicyclic amines) is 1. The number of carbonyl (C=O) groups excluding carboxylic acids is 5. The minimum absolute atomic E-state index is 0.0883. The largest absolute Gasteiger partial charge is 0.383 e. The second-order valence-electron chi connectivity index (χ2n) is 15.1. The maximum Gasteiger partial charge on any atom is 0.315 e. The Balaban J connectivity index is 1.87. The molecule has 3 aliphatic rings. The fourth-order valence-corrected chi connectivity index (χ4v) is 6.86. The van der Waals surface area contributed by atoms with Crippen molar-refractivity contribution in [1.29, 1.82) is 0 Å². The predicted molar refractivity (Wildman–Crippen MR) is 173 cm³/mol. The number of methoxy groups -OCH3 is 1. The van der Waals surface area contributed by atoms with Gasteiger partial charge in [0.2, 0.25) is 17.6 Å². The van der Waals surface area contributed by atoms with E-state index in [1.165, 1.54) is 6.08 Å². The monoisotopic (exact) mass is 631 g/mol. The quantitative estimate of drug-likeness (QED) is 0.161. The van der Waals surface area contributed by atoms with Crippen LogP contribution < -0.4 is 21.3 Å². The molecular formula is C34H57N5O6. The molecule has 2 aliphatic carbocycles. The maximum atomic E-state index is 14.5. The molecule has 5 atom stereocenters. The van der Waals surface area contributed by atoms with Crippen molar-refractivity contribution in [3.8, 4) is 0 Å². The molecule has 3 rings (SSSR count). The van der Waals surface area contributed by atoms with Crippen LogP contribution in [0.3, 0.4) is 0 Å². The SMILES string of the molecule is C=CCNC(=O)C(=O)C(CC1CC1)NC(=O)[C@@H]1[C@@H](C(C)C)CCN1C(=O)[C@@H](NC(=O)N[C@H](COC)C(C)(C)C)C1(C)CCCC1. The Bertz CT molecular complexity index is 1090. The van der Waals surface area contributed by atoms with Crippen LogP contribution in [0.25, 0.3) is 0 Å². The van der Waals surface area contributed by atoms with Crippen molar-refractivity contribution in [1.82, 2.24) is 26.2 Å². The lowest BCUT2D eigenvalue weighted by atomic mass is 9.79. The first kappa shape index (κ1) is 36.5. The van der Waals surface area contributed by atoms with Crippen LogP contribution in [0.5, 0.6) is 0 Å². The molecule has 0 bridgehead atoms. The highest BCUT2D eigenvalue weighted by molar-refractivity contribution is 6.38. The number of Topliss-reactive ketones (excluding diaryl/α,β-unsaturated/α-hetero) is 1. The van der Waals surface area contributed by atoms with Gasteiger partial charge in [0.25, 0.3) is 5.91 Å². The molecule has 3 fully saturated rings. The van der Waals surface area contributed by atoms with E-state index in [0.717, 1.165) is 38.5 Å². The molecule has 1 saturated heterocycles. The first-order valence-electron chi connectivity index (χ1n) is 16.7. The molecule has 5 amide bonds. The molecule has 1 heterocycles. The van der Waals surface area contributed by atoms with Crippen LogP contribution in [-0.2, 0) is 23.9 Å². The molecule has 11 heteroatoms. The van der Waals surface area contributed by atoms with Crippen molar-refractivity contribution >= 4 is 29.5 Å². The Morgan fingerprint density at radius 2 is 1.67 bits per heavy atom. The number of rotatable bonds is 15. The zero-order chi connectivity index (χ0) is 33.5. The van der Waals surface area contributed by atoms with Crippen LogP contribution in [-0.4, -0.2) is 85.4 Å². The second kappa shape index (κ2) is 15.6. The molecular weight excluding hydrogens is 574 g/mol. The molecule has 0 radical (unpaired) electrons. The summed E-state index contributed by atoms with van der Waals surface area (Å²) in [5, 5.41) is 11.5. The van der Waals surface area contributed by atoms with Gasteiger partial charge in [-0.3, -0.25) is 19.2 Å². The van der Waals surface area contributed by atoms with Crippen LogP contribution in [0.15, 0.2) is 12.7 Å². The highest BCUT2D eigenvalue weighted by atomic mass is 16.5. The Hall–Kier alpha value is -2.95. The fraction of sp³-hybridized carbons (Fsp3) is 0.794. The van der Waals surface area contributed by atoms with Crippen LogP contribution in [0.1, 0.15) is 92.9 Å². The lowest BCUT2D eigenvalue weighted by Gasteiger charge is -2.39. The summed E-state index contributed by atoms with van der Waals surface area (Å²) >= 11 is 0. The van der Waals surface area contributed by atoms with Gasteiger partial charge >= 0.3 is 6.03 Å². The summed E-state index contributed by atoms with van der Waals surface area (Å²) in [7, 11) is 1.59. The molecule has 0 aromatic carbocycles. The number of ketones is 1. The lowest BCUT2D eigenvalue weighted by molar-refractivity contribution is -0.145.